The summed E-state index contributed by atoms with van der Waals surface area (Å²) in [6.07, 6.45) is 0. The second-order valence-electron chi connectivity index (χ2n) is 1.68. The van der Waals surface area contributed by atoms with Crippen LogP contribution in [0.1, 0.15) is 0 Å². The van der Waals surface area contributed by atoms with E-state index in [0.717, 1.165) is 0 Å². The molecule has 0 saturated heterocycles. The van der Waals surface area contributed by atoms with Crippen molar-refractivity contribution in [3.8, 4) is 0 Å². The Hall–Kier alpha value is -0.400. The van der Waals surface area contributed by atoms with E-state index in [-0.39, 0.29) is 0 Å². The Morgan fingerprint density at radius 1 is 0.600 bits per heavy atom. The normalized spacial score (nSPS) is 13.8. The molecule has 0 bridgehead atoms. The van der Waals surface area contributed by atoms with Gasteiger partial charge >= 0.3 is 0 Å². The lowest BCUT2D eigenvalue weighted by molar-refractivity contribution is -1.30. The van der Waals surface area contributed by atoms with Crippen LogP contribution < -0.4 is 35.1 Å². The van der Waals surface area contributed by atoms with E-state index in [2.05, 4.69) is 9.98 Å². The molecule has 0 rings (SSSR count). The standard InChI is InChI=1S/H12N8O2/c1-7(2,3)9-10-8(4,5)6/h1-6H2/q+2. The fraction of sp³-hybridized carbons (Fsp3) is 0. The summed E-state index contributed by atoms with van der Waals surface area (Å²) in [5, 5.41) is 0. The number of nitrogens with zero attached hydrogens (tertiary/aromatic N) is 2. The molecule has 0 aliphatic rings. The quantitative estimate of drug-likeness (QED) is 0.103. The van der Waals surface area contributed by atoms with E-state index in [1.807, 2.05) is 0 Å². The van der Waals surface area contributed by atoms with Crippen molar-refractivity contribution in [2.45, 2.75) is 0 Å². The summed E-state index contributed by atoms with van der Waals surface area (Å²) >= 11 is 0. The minimum Gasteiger partial charge on any atom is -0.105 e. The highest BCUT2D eigenvalue weighted by Crippen LogP contribution is 1.83. The second kappa shape index (κ2) is 2.69. The van der Waals surface area contributed by atoms with Crippen LogP contribution in [0, 0.1) is 0 Å². The highest BCUT2D eigenvalue weighted by atomic mass is 17.4. The summed E-state index contributed by atoms with van der Waals surface area (Å²) in [5.41, 5.74) is 0. The summed E-state index contributed by atoms with van der Waals surface area (Å²) in [6.45, 7) is 0. The van der Waals surface area contributed by atoms with E-state index in [4.69, 9.17) is 35.1 Å². The minimum absolute atomic E-state index is 1.40. The van der Waals surface area contributed by atoms with E-state index >= 15 is 0 Å². The van der Waals surface area contributed by atoms with Gasteiger partial charge in [-0.15, -0.1) is 35.1 Å². The molecule has 0 aliphatic carbocycles. The highest BCUT2D eigenvalue weighted by Gasteiger charge is 2.24. The Morgan fingerprint density at radius 2 is 0.800 bits per heavy atom. The highest BCUT2D eigenvalue weighted by molar-refractivity contribution is 3.48. The predicted octanol–water partition coefficient (Wildman–Crippen LogP) is -4.36. The number of nitrogens with two attached hydrogens (primary N) is 6. The maximum absolute atomic E-state index is 4.81. The molecule has 0 saturated carbocycles. The van der Waals surface area contributed by atoms with Gasteiger partial charge < -0.3 is 0 Å². The van der Waals surface area contributed by atoms with Crippen molar-refractivity contribution in [1.29, 1.82) is 0 Å². The second-order valence-corrected chi connectivity index (χ2v) is 1.68. The first-order chi connectivity index (χ1) is 4.21. The van der Waals surface area contributed by atoms with Gasteiger partial charge in [-0.2, -0.15) is 0 Å². The molecule has 0 atom stereocenters. The fourth-order valence-electron chi connectivity index (χ4n) is 0.115. The Labute approximate surface area is 56.2 Å². The van der Waals surface area contributed by atoms with Crippen LogP contribution in [0.4, 0.5) is 0 Å². The maximum atomic E-state index is 4.81. The van der Waals surface area contributed by atoms with Crippen LogP contribution in [0.5, 0.6) is 0 Å². The third kappa shape index (κ3) is 7.60. The number of quaternary nitrogens is 2. The van der Waals surface area contributed by atoms with Crippen molar-refractivity contribution in [3.63, 3.8) is 0 Å². The Kier molecular flexibility index (Phi) is 2.58. The average Bonchev–Trinajstić information content (AvgIpc) is 1.57. The zero-order chi connectivity index (χ0) is 8.41. The van der Waals surface area contributed by atoms with Crippen molar-refractivity contribution in [3.05, 3.63) is 0 Å². The molecule has 0 amide bonds. The van der Waals surface area contributed by atoms with Crippen molar-refractivity contribution < 1.29 is 19.9 Å². The van der Waals surface area contributed by atoms with Gasteiger partial charge in [0.1, 0.15) is 0 Å². The van der Waals surface area contributed by atoms with E-state index in [1.165, 1.54) is 0 Å². The lowest BCUT2D eigenvalue weighted by Crippen LogP contribution is -2.71. The molecule has 0 aromatic heterocycles. The van der Waals surface area contributed by atoms with Crippen molar-refractivity contribution in [1.82, 2.24) is 0 Å². The molecule has 10 heavy (non-hydrogen) atoms. The lowest BCUT2D eigenvalue weighted by atomic mass is 12.1. The SMILES string of the molecule is N[N+](N)(N)OO[N+](N)(N)N. The third-order valence-electron chi connectivity index (χ3n) is 0.292. The molecule has 0 unspecified atom stereocenters. The van der Waals surface area contributed by atoms with Gasteiger partial charge in [-0.25, -0.2) is 0 Å². The zero-order valence-electron chi connectivity index (χ0n) is 5.18. The monoisotopic (exact) mass is 156 g/mol. The third-order valence-corrected chi connectivity index (χ3v) is 0.292. The molecule has 10 nitrogen and oxygen atoms in total. The van der Waals surface area contributed by atoms with Crippen LogP contribution in [0.3, 0.4) is 0 Å². The first-order valence-electron chi connectivity index (χ1n) is 2.08. The van der Waals surface area contributed by atoms with Crippen LogP contribution in [0.15, 0.2) is 0 Å². The molecule has 0 aliphatic heterocycles. The first-order valence-corrected chi connectivity index (χ1v) is 2.08. The molecule has 0 radical (unpaired) electrons. The molecule has 0 aromatic carbocycles. The van der Waals surface area contributed by atoms with E-state index < -0.39 is 9.95 Å². The average molecular weight is 156 g/mol. The topological polar surface area (TPSA) is 175 Å². The van der Waals surface area contributed by atoms with Gasteiger partial charge in [0.05, 0.1) is 19.9 Å². The lowest BCUT2D eigenvalue weighted by Gasteiger charge is -2.17. The number of hydrogen-bond donors (Lipinski definition) is 6. The molecule has 12 N–H and O–H groups in total. The molecule has 0 spiro atoms. The minimum atomic E-state index is -1.40. The zero-order valence-corrected chi connectivity index (χ0v) is 5.18. The number of rotatable bonds is 3. The van der Waals surface area contributed by atoms with Crippen LogP contribution >= 0.6 is 0 Å². The van der Waals surface area contributed by atoms with E-state index in [1.54, 1.807) is 0 Å². The van der Waals surface area contributed by atoms with Gasteiger partial charge in [-0.3, -0.25) is 0 Å². The number of hydrogen-bond acceptors (Lipinski definition) is 8. The summed E-state index contributed by atoms with van der Waals surface area (Å²) in [7, 11) is 0. The molecule has 62 valence electrons. The molecule has 0 fully saturated rings. The van der Waals surface area contributed by atoms with Gasteiger partial charge in [0.2, 0.25) is 0 Å². The van der Waals surface area contributed by atoms with Gasteiger partial charge in [-0.1, -0.05) is 0 Å². The summed E-state index contributed by atoms with van der Waals surface area (Å²) in [6, 6.07) is 0. The predicted molar refractivity (Wildman–Crippen MR) is 27.8 cm³/mol. The Balaban J connectivity index is 3.56. The molecular weight excluding hydrogens is 144 g/mol. The van der Waals surface area contributed by atoms with E-state index in [0.29, 0.717) is 0 Å². The maximum Gasteiger partial charge on any atom is 0.0907 e. The molecule has 0 heterocycles. The smallest absolute Gasteiger partial charge is 0.0907 e. The molecule has 0 aromatic rings. The van der Waals surface area contributed by atoms with Crippen LogP contribution in [0.2, 0.25) is 0 Å². The van der Waals surface area contributed by atoms with E-state index in [9.17, 15) is 0 Å². The van der Waals surface area contributed by atoms with Gasteiger partial charge in [0.15, 0.2) is 0 Å². The van der Waals surface area contributed by atoms with Crippen LogP contribution in [-0.2, 0) is 9.98 Å². The van der Waals surface area contributed by atoms with Gasteiger partial charge in [0.25, 0.3) is 0 Å². The van der Waals surface area contributed by atoms with Crippen molar-refractivity contribution >= 4 is 0 Å². The first kappa shape index (κ1) is 9.60. The van der Waals surface area contributed by atoms with Crippen molar-refractivity contribution in [2.24, 2.45) is 35.1 Å². The van der Waals surface area contributed by atoms with Crippen molar-refractivity contribution in [2.75, 3.05) is 0 Å². The Bertz CT molecular complexity index is 80.8. The largest absolute Gasteiger partial charge is 0.105 e. The summed E-state index contributed by atoms with van der Waals surface area (Å²) < 4.78 is 0. The molecule has 10 heteroatoms. The van der Waals surface area contributed by atoms with Crippen LogP contribution in [-0.4, -0.2) is 9.95 Å². The van der Waals surface area contributed by atoms with Crippen LogP contribution in [0.25, 0.3) is 0 Å². The Morgan fingerprint density at radius 3 is 0.900 bits per heavy atom. The van der Waals surface area contributed by atoms with Gasteiger partial charge in [0, 0.05) is 0 Å². The fourth-order valence-corrected chi connectivity index (χ4v) is 0.115. The summed E-state index contributed by atoms with van der Waals surface area (Å²) in [5.74, 6) is 28.9. The summed E-state index contributed by atoms with van der Waals surface area (Å²) in [4.78, 5) is 5.13. The molecular formula is H12N8O2+2. The van der Waals surface area contributed by atoms with Gasteiger partial charge in [-0.05, 0) is 0 Å².